The molecule has 0 aliphatic carbocycles. The molecule has 0 bridgehead atoms. The molecular formula is C22H20ClFN2O2. The lowest BCUT2D eigenvalue weighted by atomic mass is 9.93. The van der Waals surface area contributed by atoms with Crippen molar-refractivity contribution in [3.8, 4) is 28.3 Å². The lowest BCUT2D eigenvalue weighted by molar-refractivity contribution is 0.147. The van der Waals surface area contributed by atoms with Crippen LogP contribution in [0.1, 0.15) is 0 Å². The van der Waals surface area contributed by atoms with E-state index in [1.807, 2.05) is 24.3 Å². The van der Waals surface area contributed by atoms with Crippen LogP contribution in [0.3, 0.4) is 0 Å². The molecule has 0 unspecified atom stereocenters. The summed E-state index contributed by atoms with van der Waals surface area (Å²) >= 11 is 0. The van der Waals surface area contributed by atoms with E-state index in [4.69, 9.17) is 9.47 Å². The SMILES string of the molecule is COCCOc1c(-c2ncc[nH]2)cc2ccccc2c1-c1ccc(F)cc1.Cl. The van der Waals surface area contributed by atoms with Crippen LogP contribution in [0, 0.1) is 5.82 Å². The van der Waals surface area contributed by atoms with Crippen molar-refractivity contribution in [2.24, 2.45) is 0 Å². The minimum atomic E-state index is -0.271. The molecule has 3 aromatic carbocycles. The van der Waals surface area contributed by atoms with E-state index in [-0.39, 0.29) is 18.2 Å². The van der Waals surface area contributed by atoms with Crippen LogP contribution < -0.4 is 4.74 Å². The highest BCUT2D eigenvalue weighted by atomic mass is 35.5. The Bertz CT molecular complexity index is 1050. The van der Waals surface area contributed by atoms with Gasteiger partial charge in [0.1, 0.15) is 24.0 Å². The number of H-pyrrole nitrogens is 1. The van der Waals surface area contributed by atoms with E-state index < -0.39 is 0 Å². The molecule has 0 saturated heterocycles. The molecule has 0 spiro atoms. The van der Waals surface area contributed by atoms with E-state index in [2.05, 4.69) is 16.0 Å². The highest BCUT2D eigenvalue weighted by molar-refractivity contribution is 6.04. The smallest absolute Gasteiger partial charge is 0.141 e. The molecule has 4 nitrogen and oxygen atoms in total. The molecule has 0 atom stereocenters. The third kappa shape index (κ3) is 3.86. The van der Waals surface area contributed by atoms with E-state index in [0.29, 0.717) is 19.0 Å². The average Bonchev–Trinajstić information content (AvgIpc) is 3.23. The standard InChI is InChI=1S/C22H19FN2O2.ClH/c1-26-12-13-27-21-19(22-24-10-11-25-22)14-16-4-2-3-5-18(16)20(21)15-6-8-17(23)9-7-15;/h2-11,14H,12-13H2,1H3,(H,24,25);1H. The topological polar surface area (TPSA) is 47.1 Å². The predicted molar refractivity (Wildman–Crippen MR) is 112 cm³/mol. The Morgan fingerprint density at radius 3 is 2.54 bits per heavy atom. The number of hydrogen-bond donors (Lipinski definition) is 1. The van der Waals surface area contributed by atoms with Gasteiger partial charge in [-0.2, -0.15) is 0 Å². The number of ether oxygens (including phenoxy) is 2. The van der Waals surface area contributed by atoms with E-state index in [1.54, 1.807) is 31.6 Å². The maximum Gasteiger partial charge on any atom is 0.141 e. The van der Waals surface area contributed by atoms with Crippen LogP contribution in [0.4, 0.5) is 4.39 Å². The summed E-state index contributed by atoms with van der Waals surface area (Å²) in [5, 5.41) is 2.09. The summed E-state index contributed by atoms with van der Waals surface area (Å²) in [6.07, 6.45) is 3.49. The zero-order valence-corrected chi connectivity index (χ0v) is 16.1. The number of imidazole rings is 1. The van der Waals surface area contributed by atoms with Gasteiger partial charge in [0.25, 0.3) is 0 Å². The Morgan fingerprint density at radius 2 is 1.82 bits per heavy atom. The molecule has 28 heavy (non-hydrogen) atoms. The Kier molecular flexibility index (Phi) is 6.29. The highest BCUT2D eigenvalue weighted by Crippen LogP contribution is 2.43. The summed E-state index contributed by atoms with van der Waals surface area (Å²) < 4.78 is 24.8. The Balaban J connectivity index is 0.00000225. The molecule has 1 aromatic heterocycles. The average molecular weight is 399 g/mol. The van der Waals surface area contributed by atoms with E-state index in [9.17, 15) is 4.39 Å². The summed E-state index contributed by atoms with van der Waals surface area (Å²) in [4.78, 5) is 7.56. The summed E-state index contributed by atoms with van der Waals surface area (Å²) in [7, 11) is 1.64. The number of benzene rings is 3. The second kappa shape index (κ2) is 8.87. The van der Waals surface area contributed by atoms with Gasteiger partial charge in [0.2, 0.25) is 0 Å². The molecule has 4 aromatic rings. The van der Waals surface area contributed by atoms with Crippen molar-refractivity contribution < 1.29 is 13.9 Å². The third-order valence-corrected chi connectivity index (χ3v) is 4.42. The van der Waals surface area contributed by atoms with Gasteiger partial charge < -0.3 is 14.5 Å². The first-order chi connectivity index (χ1) is 13.3. The molecule has 0 saturated carbocycles. The van der Waals surface area contributed by atoms with Crippen LogP contribution >= 0.6 is 12.4 Å². The van der Waals surface area contributed by atoms with Crippen LogP contribution in [-0.4, -0.2) is 30.3 Å². The first kappa shape index (κ1) is 19.9. The monoisotopic (exact) mass is 398 g/mol. The number of aromatic nitrogens is 2. The van der Waals surface area contributed by atoms with Gasteiger partial charge in [-0.25, -0.2) is 9.37 Å². The normalized spacial score (nSPS) is 10.6. The van der Waals surface area contributed by atoms with Crippen molar-refractivity contribution in [3.05, 3.63) is 72.8 Å². The molecule has 0 fully saturated rings. The Morgan fingerprint density at radius 1 is 1.04 bits per heavy atom. The van der Waals surface area contributed by atoms with Crippen LogP contribution in [0.25, 0.3) is 33.3 Å². The molecule has 0 amide bonds. The van der Waals surface area contributed by atoms with Gasteiger partial charge in [-0.1, -0.05) is 36.4 Å². The predicted octanol–water partition coefficient (Wildman–Crippen LogP) is 5.48. The minimum absolute atomic E-state index is 0. The number of hydrogen-bond acceptors (Lipinski definition) is 3. The Labute approximate surface area is 168 Å². The number of rotatable bonds is 6. The molecule has 144 valence electrons. The summed E-state index contributed by atoms with van der Waals surface area (Å²) in [6, 6.07) is 16.6. The number of nitrogens with one attached hydrogen (secondary N) is 1. The van der Waals surface area contributed by atoms with Crippen molar-refractivity contribution in [2.45, 2.75) is 0 Å². The minimum Gasteiger partial charge on any atom is -0.490 e. The molecule has 0 radical (unpaired) electrons. The zero-order valence-electron chi connectivity index (χ0n) is 15.3. The molecule has 1 heterocycles. The number of fused-ring (bicyclic) bond motifs is 1. The van der Waals surface area contributed by atoms with Crippen molar-refractivity contribution >= 4 is 23.2 Å². The van der Waals surface area contributed by atoms with Gasteiger partial charge in [0, 0.05) is 25.1 Å². The fraction of sp³-hybridized carbons (Fsp3) is 0.136. The lowest BCUT2D eigenvalue weighted by Gasteiger charge is -2.18. The van der Waals surface area contributed by atoms with Gasteiger partial charge in [-0.05, 0) is 34.5 Å². The summed E-state index contributed by atoms with van der Waals surface area (Å²) in [5.74, 6) is 1.15. The highest BCUT2D eigenvalue weighted by Gasteiger charge is 2.19. The number of aromatic amines is 1. The van der Waals surface area contributed by atoms with Crippen LogP contribution in [0.15, 0.2) is 67.0 Å². The van der Waals surface area contributed by atoms with Crippen molar-refractivity contribution in [2.75, 3.05) is 20.3 Å². The molecule has 4 rings (SSSR count). The fourth-order valence-corrected chi connectivity index (χ4v) is 3.20. The van der Waals surface area contributed by atoms with Crippen molar-refractivity contribution in [1.29, 1.82) is 0 Å². The van der Waals surface area contributed by atoms with E-state index in [1.165, 1.54) is 12.1 Å². The number of nitrogens with zero attached hydrogens (tertiary/aromatic N) is 1. The maximum atomic E-state index is 13.5. The quantitative estimate of drug-likeness (QED) is 0.437. The van der Waals surface area contributed by atoms with Gasteiger partial charge in [0.05, 0.1) is 12.2 Å². The third-order valence-electron chi connectivity index (χ3n) is 4.42. The first-order valence-electron chi connectivity index (χ1n) is 8.71. The Hall–Kier alpha value is -2.89. The zero-order chi connectivity index (χ0) is 18.6. The van der Waals surface area contributed by atoms with Crippen molar-refractivity contribution in [1.82, 2.24) is 9.97 Å². The van der Waals surface area contributed by atoms with Crippen LogP contribution in [0.5, 0.6) is 5.75 Å². The largest absolute Gasteiger partial charge is 0.490 e. The molecule has 6 heteroatoms. The van der Waals surface area contributed by atoms with Crippen molar-refractivity contribution in [3.63, 3.8) is 0 Å². The molecule has 0 aliphatic rings. The molecule has 1 N–H and O–H groups in total. The summed E-state index contributed by atoms with van der Waals surface area (Å²) in [5.41, 5.74) is 2.65. The number of halogens is 2. The van der Waals surface area contributed by atoms with E-state index >= 15 is 0 Å². The van der Waals surface area contributed by atoms with Gasteiger partial charge in [-0.15, -0.1) is 12.4 Å². The van der Waals surface area contributed by atoms with Crippen LogP contribution in [-0.2, 0) is 4.74 Å². The second-order valence-corrected chi connectivity index (χ2v) is 6.14. The van der Waals surface area contributed by atoms with Gasteiger partial charge >= 0.3 is 0 Å². The summed E-state index contributed by atoms with van der Waals surface area (Å²) in [6.45, 7) is 0.865. The van der Waals surface area contributed by atoms with Gasteiger partial charge in [0.15, 0.2) is 0 Å². The fourth-order valence-electron chi connectivity index (χ4n) is 3.20. The van der Waals surface area contributed by atoms with Crippen LogP contribution in [0.2, 0.25) is 0 Å². The van der Waals surface area contributed by atoms with Gasteiger partial charge in [-0.3, -0.25) is 0 Å². The molecule has 0 aliphatic heterocycles. The first-order valence-corrected chi connectivity index (χ1v) is 8.71. The van der Waals surface area contributed by atoms with E-state index in [0.717, 1.165) is 33.3 Å². The second-order valence-electron chi connectivity index (χ2n) is 6.14. The number of methoxy groups -OCH3 is 1. The molecular weight excluding hydrogens is 379 g/mol. The maximum absolute atomic E-state index is 13.5. The lowest BCUT2D eigenvalue weighted by Crippen LogP contribution is -2.07.